The van der Waals surface area contributed by atoms with E-state index in [-0.39, 0.29) is 23.4 Å². The van der Waals surface area contributed by atoms with Gasteiger partial charge in [0.2, 0.25) is 5.91 Å². The van der Waals surface area contributed by atoms with Crippen molar-refractivity contribution in [3.63, 3.8) is 0 Å². The number of nitrogens with two attached hydrogens (primary N) is 1. The minimum absolute atomic E-state index is 0.100. The van der Waals surface area contributed by atoms with Gasteiger partial charge in [0.15, 0.2) is 0 Å². The molecule has 1 fully saturated rings. The van der Waals surface area contributed by atoms with Crippen molar-refractivity contribution in [3.05, 3.63) is 40.6 Å². The fraction of sp³-hybridized carbons (Fsp3) is 0.500. The zero-order chi connectivity index (χ0) is 18.1. The highest BCUT2D eigenvalue weighted by molar-refractivity contribution is 5.90. The number of H-pyrrole nitrogens is 1. The lowest BCUT2D eigenvalue weighted by atomic mass is 9.92. The summed E-state index contributed by atoms with van der Waals surface area (Å²) >= 11 is 0. The number of piperidine rings is 1. The number of hydrogen-bond donors (Lipinski definition) is 2. The Bertz CT molecular complexity index is 792. The molecule has 0 aromatic carbocycles. The number of carbonyl (C=O) groups excluding carboxylic acids is 2. The summed E-state index contributed by atoms with van der Waals surface area (Å²) in [6.07, 6.45) is 1.86. The van der Waals surface area contributed by atoms with Crippen molar-refractivity contribution in [1.82, 2.24) is 15.1 Å². The lowest BCUT2D eigenvalue weighted by Gasteiger charge is -2.34. The monoisotopic (exact) mass is 344 g/mol. The molecule has 1 aliphatic rings. The summed E-state index contributed by atoms with van der Waals surface area (Å²) in [6.45, 7) is 7.05. The molecule has 2 aromatic rings. The number of amides is 2. The third-order valence-electron chi connectivity index (χ3n) is 4.94. The van der Waals surface area contributed by atoms with Crippen molar-refractivity contribution in [2.75, 3.05) is 13.1 Å². The highest BCUT2D eigenvalue weighted by atomic mass is 16.3. The minimum atomic E-state index is -0.550. The normalized spacial score (nSPS) is 19.0. The third kappa shape index (κ3) is 3.45. The Hall–Kier alpha value is -2.57. The van der Waals surface area contributed by atoms with Gasteiger partial charge in [0, 0.05) is 30.3 Å². The lowest BCUT2D eigenvalue weighted by molar-refractivity contribution is -0.133. The molecule has 0 unspecified atom stereocenters. The number of aromatic amines is 1. The van der Waals surface area contributed by atoms with E-state index >= 15 is 0 Å². The van der Waals surface area contributed by atoms with Crippen LogP contribution in [0.3, 0.4) is 0 Å². The highest BCUT2D eigenvalue weighted by Crippen LogP contribution is 2.30. The van der Waals surface area contributed by atoms with Crippen LogP contribution in [0.15, 0.2) is 16.5 Å². The van der Waals surface area contributed by atoms with E-state index in [1.807, 2.05) is 31.7 Å². The smallest absolute Gasteiger partial charge is 0.269 e. The van der Waals surface area contributed by atoms with Gasteiger partial charge >= 0.3 is 0 Å². The summed E-state index contributed by atoms with van der Waals surface area (Å²) in [6, 6.07) is 3.63. The molecule has 2 aromatic heterocycles. The van der Waals surface area contributed by atoms with Gasteiger partial charge in [-0.1, -0.05) is 0 Å². The average Bonchev–Trinajstić information content (AvgIpc) is 3.20. The Morgan fingerprint density at radius 2 is 2.16 bits per heavy atom. The van der Waals surface area contributed by atoms with Gasteiger partial charge in [-0.3, -0.25) is 14.7 Å². The predicted octanol–water partition coefficient (Wildman–Crippen LogP) is 2.23. The number of carbonyl (C=O) groups is 2. The zero-order valence-corrected chi connectivity index (χ0v) is 14.8. The van der Waals surface area contributed by atoms with Gasteiger partial charge < -0.3 is 15.1 Å². The molecule has 3 heterocycles. The number of hydrogen-bond acceptors (Lipinski definition) is 4. The van der Waals surface area contributed by atoms with Crippen molar-refractivity contribution in [3.8, 4) is 0 Å². The van der Waals surface area contributed by atoms with E-state index in [1.165, 1.54) is 0 Å². The molecule has 2 amide bonds. The quantitative estimate of drug-likeness (QED) is 0.887. The second-order valence-electron chi connectivity index (χ2n) is 6.79. The van der Waals surface area contributed by atoms with E-state index in [0.29, 0.717) is 6.54 Å². The fourth-order valence-corrected chi connectivity index (χ4v) is 3.59. The fourth-order valence-electron chi connectivity index (χ4n) is 3.59. The second kappa shape index (κ2) is 6.74. The summed E-state index contributed by atoms with van der Waals surface area (Å²) in [4.78, 5) is 26.0. The van der Waals surface area contributed by atoms with E-state index in [1.54, 1.807) is 6.07 Å². The Labute approximate surface area is 146 Å². The molecule has 0 aliphatic carbocycles. The maximum atomic E-state index is 12.9. The van der Waals surface area contributed by atoms with Crippen molar-refractivity contribution in [1.29, 1.82) is 0 Å². The minimum Gasteiger partial charge on any atom is -0.466 e. The molecule has 2 atom stereocenters. The first-order valence-corrected chi connectivity index (χ1v) is 8.57. The Morgan fingerprint density at radius 1 is 1.40 bits per heavy atom. The molecule has 3 N–H and O–H groups in total. The summed E-state index contributed by atoms with van der Waals surface area (Å²) in [7, 11) is 0. The van der Waals surface area contributed by atoms with Gasteiger partial charge in [0.1, 0.15) is 17.2 Å². The van der Waals surface area contributed by atoms with Crippen LogP contribution in [0.25, 0.3) is 0 Å². The molecule has 1 aliphatic heterocycles. The number of likely N-dealkylation sites (tertiary alicyclic amines) is 1. The van der Waals surface area contributed by atoms with Crippen LogP contribution in [0.5, 0.6) is 0 Å². The van der Waals surface area contributed by atoms with E-state index in [9.17, 15) is 9.59 Å². The van der Waals surface area contributed by atoms with Gasteiger partial charge in [-0.25, -0.2) is 0 Å². The molecule has 0 saturated carbocycles. The van der Waals surface area contributed by atoms with E-state index in [4.69, 9.17) is 10.2 Å². The third-order valence-corrected chi connectivity index (χ3v) is 4.94. The average molecular weight is 344 g/mol. The molecule has 0 spiro atoms. The Kier molecular flexibility index (Phi) is 4.65. The SMILES string of the molecule is Cc1cc([C@H](C)C(=O)N2CCC[C@H](c3cc(C(N)=O)n[nH]3)C2)c(C)o1. The Morgan fingerprint density at radius 3 is 2.76 bits per heavy atom. The molecule has 3 rings (SSSR count). The topological polar surface area (TPSA) is 105 Å². The first kappa shape index (κ1) is 17.3. The maximum absolute atomic E-state index is 12.9. The predicted molar refractivity (Wildman–Crippen MR) is 92.3 cm³/mol. The summed E-state index contributed by atoms with van der Waals surface area (Å²) < 4.78 is 5.56. The summed E-state index contributed by atoms with van der Waals surface area (Å²) in [5, 5.41) is 6.83. The first-order valence-electron chi connectivity index (χ1n) is 8.57. The van der Waals surface area contributed by atoms with Crippen LogP contribution in [0.2, 0.25) is 0 Å². The molecule has 7 nitrogen and oxygen atoms in total. The number of furan rings is 1. The van der Waals surface area contributed by atoms with E-state index < -0.39 is 5.91 Å². The maximum Gasteiger partial charge on any atom is 0.269 e. The summed E-state index contributed by atoms with van der Waals surface area (Å²) in [5.41, 5.74) is 7.29. The number of aromatic nitrogens is 2. The number of nitrogens with zero attached hydrogens (tertiary/aromatic N) is 2. The zero-order valence-electron chi connectivity index (χ0n) is 14.8. The van der Waals surface area contributed by atoms with Crippen LogP contribution < -0.4 is 5.73 Å². The second-order valence-corrected chi connectivity index (χ2v) is 6.79. The van der Waals surface area contributed by atoms with Gasteiger partial charge in [-0.15, -0.1) is 0 Å². The molecule has 0 bridgehead atoms. The van der Waals surface area contributed by atoms with E-state index in [2.05, 4.69) is 10.2 Å². The molecule has 0 radical (unpaired) electrons. The van der Waals surface area contributed by atoms with Crippen molar-refractivity contribution >= 4 is 11.8 Å². The van der Waals surface area contributed by atoms with Crippen LogP contribution in [0.1, 0.15) is 64.9 Å². The van der Waals surface area contributed by atoms with Gasteiger partial charge in [0.25, 0.3) is 5.91 Å². The van der Waals surface area contributed by atoms with Gasteiger partial charge in [-0.05, 0) is 45.7 Å². The van der Waals surface area contributed by atoms with Crippen LogP contribution in [-0.4, -0.2) is 40.0 Å². The molecular formula is C18H24N4O3. The van der Waals surface area contributed by atoms with Crippen molar-refractivity contribution in [2.45, 2.75) is 45.4 Å². The standard InChI is InChI=1S/C18H24N4O3/c1-10-7-14(12(3)25-10)11(2)18(24)22-6-4-5-13(9-22)15-8-16(17(19)23)21-20-15/h7-8,11,13H,4-6,9H2,1-3H3,(H2,19,23)(H,20,21)/t11-,13-/m0/s1. The Balaban J connectivity index is 1.72. The van der Waals surface area contributed by atoms with Crippen molar-refractivity contribution in [2.24, 2.45) is 5.73 Å². The number of nitrogens with one attached hydrogen (secondary N) is 1. The lowest BCUT2D eigenvalue weighted by Crippen LogP contribution is -2.41. The number of aryl methyl sites for hydroxylation is 2. The van der Waals surface area contributed by atoms with Gasteiger partial charge in [-0.2, -0.15) is 5.10 Å². The highest BCUT2D eigenvalue weighted by Gasteiger charge is 2.30. The molecule has 25 heavy (non-hydrogen) atoms. The molecule has 1 saturated heterocycles. The first-order chi connectivity index (χ1) is 11.9. The molecule has 134 valence electrons. The van der Waals surface area contributed by atoms with E-state index in [0.717, 1.165) is 42.2 Å². The van der Waals surface area contributed by atoms with Crippen LogP contribution in [-0.2, 0) is 4.79 Å². The van der Waals surface area contributed by atoms with Crippen LogP contribution >= 0.6 is 0 Å². The number of rotatable bonds is 4. The number of primary amides is 1. The molecule has 7 heteroatoms. The largest absolute Gasteiger partial charge is 0.466 e. The van der Waals surface area contributed by atoms with Crippen molar-refractivity contribution < 1.29 is 14.0 Å². The van der Waals surface area contributed by atoms with Crippen LogP contribution in [0.4, 0.5) is 0 Å². The van der Waals surface area contributed by atoms with Crippen LogP contribution in [0, 0.1) is 13.8 Å². The van der Waals surface area contributed by atoms with Gasteiger partial charge in [0.05, 0.1) is 5.92 Å². The molecular weight excluding hydrogens is 320 g/mol. The summed E-state index contributed by atoms with van der Waals surface area (Å²) in [5.74, 6) is 1.07.